The van der Waals surface area contributed by atoms with Gasteiger partial charge < -0.3 is 14.7 Å². The fourth-order valence-corrected chi connectivity index (χ4v) is 2.05. The third-order valence-corrected chi connectivity index (χ3v) is 3.07. The number of aliphatic hydroxyl groups excluding tert-OH is 1. The van der Waals surface area contributed by atoms with Gasteiger partial charge in [-0.05, 0) is 40.9 Å². The van der Waals surface area contributed by atoms with Gasteiger partial charge in [0.15, 0.2) is 0 Å². The van der Waals surface area contributed by atoms with Crippen LogP contribution in [0.1, 0.15) is 20.3 Å². The van der Waals surface area contributed by atoms with E-state index in [1.165, 1.54) is 6.42 Å². The van der Waals surface area contributed by atoms with Crippen molar-refractivity contribution in [2.24, 2.45) is 0 Å². The van der Waals surface area contributed by atoms with Crippen LogP contribution < -0.4 is 0 Å². The van der Waals surface area contributed by atoms with Crippen molar-refractivity contribution in [1.82, 2.24) is 9.80 Å². The van der Waals surface area contributed by atoms with Crippen molar-refractivity contribution >= 4 is 0 Å². The van der Waals surface area contributed by atoms with Gasteiger partial charge in [-0.15, -0.1) is 0 Å². The molecule has 0 bridgehead atoms. The van der Waals surface area contributed by atoms with Crippen LogP contribution in [0, 0.1) is 0 Å². The van der Waals surface area contributed by atoms with Crippen LogP contribution >= 0.6 is 0 Å². The molecule has 0 aliphatic carbocycles. The number of aliphatic hydroxyl groups is 1. The average molecular weight is 230 g/mol. The first-order valence-corrected chi connectivity index (χ1v) is 6.17. The Morgan fingerprint density at radius 1 is 1.44 bits per heavy atom. The zero-order valence-electron chi connectivity index (χ0n) is 11.0. The molecule has 1 heterocycles. The van der Waals surface area contributed by atoms with Crippen LogP contribution in [0.25, 0.3) is 0 Å². The van der Waals surface area contributed by atoms with E-state index >= 15 is 0 Å². The van der Waals surface area contributed by atoms with Gasteiger partial charge in [-0.3, -0.25) is 4.90 Å². The molecule has 2 atom stereocenters. The molecule has 1 saturated heterocycles. The maximum Gasteiger partial charge on any atom is 0.0900 e. The molecule has 0 aromatic carbocycles. The molecule has 0 aromatic rings. The first-order chi connectivity index (χ1) is 7.49. The van der Waals surface area contributed by atoms with Gasteiger partial charge >= 0.3 is 0 Å². The molecule has 16 heavy (non-hydrogen) atoms. The molecule has 0 spiro atoms. The summed E-state index contributed by atoms with van der Waals surface area (Å²) in [6, 6.07) is 0.637. The second kappa shape index (κ2) is 6.55. The van der Waals surface area contributed by atoms with Crippen LogP contribution in [0.5, 0.6) is 0 Å². The fraction of sp³-hybridized carbons (Fsp3) is 1.00. The minimum absolute atomic E-state index is 0.197. The summed E-state index contributed by atoms with van der Waals surface area (Å²) in [6.45, 7) is 7.31. The Kier molecular flexibility index (Phi) is 5.69. The second-order valence-electron chi connectivity index (χ2n) is 5.20. The highest BCUT2D eigenvalue weighted by Gasteiger charge is 2.25. The number of hydrogen-bond acceptors (Lipinski definition) is 4. The van der Waals surface area contributed by atoms with Gasteiger partial charge in [0.2, 0.25) is 0 Å². The normalized spacial score (nSPS) is 24.6. The summed E-state index contributed by atoms with van der Waals surface area (Å²) in [5, 5.41) is 9.80. The van der Waals surface area contributed by atoms with E-state index < -0.39 is 0 Å². The molecule has 96 valence electrons. The molecule has 1 aliphatic rings. The first-order valence-electron chi connectivity index (χ1n) is 6.17. The molecule has 1 rings (SSSR count). The highest BCUT2D eigenvalue weighted by molar-refractivity contribution is 4.81. The predicted octanol–water partition coefficient (Wildman–Crippen LogP) is 0.408. The Bertz CT molecular complexity index is 197. The van der Waals surface area contributed by atoms with E-state index in [-0.39, 0.29) is 12.2 Å². The lowest BCUT2D eigenvalue weighted by molar-refractivity contribution is -0.00633. The molecule has 1 fully saturated rings. The highest BCUT2D eigenvalue weighted by atomic mass is 16.5. The van der Waals surface area contributed by atoms with Gasteiger partial charge in [0.25, 0.3) is 0 Å². The number of rotatable bonds is 6. The van der Waals surface area contributed by atoms with E-state index in [9.17, 15) is 5.11 Å². The van der Waals surface area contributed by atoms with Gasteiger partial charge in [0.05, 0.1) is 18.8 Å². The maximum absolute atomic E-state index is 9.80. The Morgan fingerprint density at radius 2 is 2.12 bits per heavy atom. The average Bonchev–Trinajstić information content (AvgIpc) is 2.63. The van der Waals surface area contributed by atoms with Crippen LogP contribution in [-0.2, 0) is 4.74 Å². The number of likely N-dealkylation sites (N-methyl/N-ethyl adjacent to an activating group) is 1. The smallest absolute Gasteiger partial charge is 0.0900 e. The summed E-state index contributed by atoms with van der Waals surface area (Å²) in [7, 11) is 4.24. The first kappa shape index (κ1) is 13.9. The van der Waals surface area contributed by atoms with Gasteiger partial charge in [0, 0.05) is 19.1 Å². The molecule has 4 heteroatoms. The van der Waals surface area contributed by atoms with Crippen molar-refractivity contribution in [3.05, 3.63) is 0 Å². The summed E-state index contributed by atoms with van der Waals surface area (Å²) in [5.74, 6) is 0. The monoisotopic (exact) mass is 230 g/mol. The van der Waals surface area contributed by atoms with Crippen molar-refractivity contribution in [2.45, 2.75) is 38.5 Å². The standard InChI is InChI=1S/C12H26N2O2/c1-10(2)16-9-12(15)8-14-6-5-11(7-14)13(3)4/h10-12,15H,5-9H2,1-4H3. The van der Waals surface area contributed by atoms with E-state index in [0.29, 0.717) is 12.6 Å². The van der Waals surface area contributed by atoms with Crippen molar-refractivity contribution in [3.63, 3.8) is 0 Å². The van der Waals surface area contributed by atoms with Gasteiger partial charge in [0.1, 0.15) is 0 Å². The molecule has 0 saturated carbocycles. The van der Waals surface area contributed by atoms with Crippen LogP contribution in [0.3, 0.4) is 0 Å². The fourth-order valence-electron chi connectivity index (χ4n) is 2.05. The van der Waals surface area contributed by atoms with Crippen LogP contribution in [0.15, 0.2) is 0 Å². The second-order valence-corrected chi connectivity index (χ2v) is 5.20. The third kappa shape index (κ3) is 4.78. The molecular weight excluding hydrogens is 204 g/mol. The number of β-amino-alcohol motifs (C(OH)–C–C–N with tert-alkyl or cyclic N) is 1. The molecule has 1 aliphatic heterocycles. The van der Waals surface area contributed by atoms with Crippen molar-refractivity contribution in [3.8, 4) is 0 Å². The quantitative estimate of drug-likeness (QED) is 0.717. The van der Waals surface area contributed by atoms with Gasteiger partial charge in [-0.25, -0.2) is 0 Å². The van der Waals surface area contributed by atoms with Gasteiger partial charge in [-0.1, -0.05) is 0 Å². The van der Waals surface area contributed by atoms with Crippen LogP contribution in [0.2, 0.25) is 0 Å². The molecule has 0 aromatic heterocycles. The van der Waals surface area contributed by atoms with E-state index in [4.69, 9.17) is 4.74 Å². The molecule has 0 radical (unpaired) electrons. The molecule has 0 amide bonds. The Labute approximate surface area is 99.2 Å². The SMILES string of the molecule is CC(C)OCC(O)CN1CCC(N(C)C)C1. The summed E-state index contributed by atoms with van der Waals surface area (Å²) >= 11 is 0. The number of likely N-dealkylation sites (tertiary alicyclic amines) is 1. The molecule has 4 nitrogen and oxygen atoms in total. The Balaban J connectivity index is 2.18. The Morgan fingerprint density at radius 3 is 2.62 bits per heavy atom. The maximum atomic E-state index is 9.80. The van der Waals surface area contributed by atoms with Crippen molar-refractivity contribution in [2.75, 3.05) is 40.3 Å². The van der Waals surface area contributed by atoms with E-state index in [2.05, 4.69) is 23.9 Å². The van der Waals surface area contributed by atoms with Gasteiger partial charge in [-0.2, -0.15) is 0 Å². The highest BCUT2D eigenvalue weighted by Crippen LogP contribution is 2.13. The van der Waals surface area contributed by atoms with Crippen LogP contribution in [0.4, 0.5) is 0 Å². The lowest BCUT2D eigenvalue weighted by Gasteiger charge is -2.22. The Hall–Kier alpha value is -0.160. The topological polar surface area (TPSA) is 35.9 Å². The summed E-state index contributed by atoms with van der Waals surface area (Å²) in [5.41, 5.74) is 0. The number of hydrogen-bond donors (Lipinski definition) is 1. The molecule has 2 unspecified atom stereocenters. The zero-order valence-corrected chi connectivity index (χ0v) is 11.0. The minimum Gasteiger partial charge on any atom is -0.389 e. The third-order valence-electron chi connectivity index (χ3n) is 3.07. The molecular formula is C12H26N2O2. The largest absolute Gasteiger partial charge is 0.389 e. The van der Waals surface area contributed by atoms with E-state index in [1.54, 1.807) is 0 Å². The number of nitrogens with zero attached hydrogens (tertiary/aromatic N) is 2. The van der Waals surface area contributed by atoms with E-state index in [1.807, 2.05) is 13.8 Å². The van der Waals surface area contributed by atoms with Crippen LogP contribution in [-0.4, -0.2) is 73.5 Å². The lowest BCUT2D eigenvalue weighted by atomic mass is 10.2. The van der Waals surface area contributed by atoms with E-state index in [0.717, 1.165) is 19.6 Å². The minimum atomic E-state index is -0.358. The lowest BCUT2D eigenvalue weighted by Crippen LogP contribution is -2.37. The van der Waals surface area contributed by atoms with Crippen molar-refractivity contribution < 1.29 is 9.84 Å². The zero-order chi connectivity index (χ0) is 12.1. The molecule has 1 N–H and O–H groups in total. The number of ether oxygens (including phenoxy) is 1. The summed E-state index contributed by atoms with van der Waals surface area (Å²) in [4.78, 5) is 4.58. The predicted molar refractivity (Wildman–Crippen MR) is 65.6 cm³/mol. The van der Waals surface area contributed by atoms with Crippen molar-refractivity contribution in [1.29, 1.82) is 0 Å². The summed E-state index contributed by atoms with van der Waals surface area (Å²) in [6.07, 6.45) is 1.04. The summed E-state index contributed by atoms with van der Waals surface area (Å²) < 4.78 is 5.40.